The molecule has 160 valence electrons. The van der Waals surface area contributed by atoms with Crippen LogP contribution in [0.1, 0.15) is 47.1 Å². The summed E-state index contributed by atoms with van der Waals surface area (Å²) >= 11 is 3.38. The number of halogens is 4. The smallest absolute Gasteiger partial charge is 0.443 e. The zero-order valence-corrected chi connectivity index (χ0v) is 17.8. The summed E-state index contributed by atoms with van der Waals surface area (Å²) in [5, 5.41) is -0.142. The number of aromatic nitrogens is 1. The van der Waals surface area contributed by atoms with E-state index in [0.29, 0.717) is 4.31 Å². The standard InChI is InChI=1S/C16H22ClF3N2O5S/c1-14(2,3)26-13(23)22(28(24)27-15(4,5)6)9-10-7-12(17)21-8-11(10)25-16(18,19)20/h7-8H,9H2,1-6H3. The molecule has 1 amide bonds. The first-order valence-corrected chi connectivity index (χ1v) is 9.40. The number of ether oxygens (including phenoxy) is 2. The number of amides is 1. The number of nitrogens with zero attached hydrogens (tertiary/aromatic N) is 2. The van der Waals surface area contributed by atoms with Gasteiger partial charge in [0.2, 0.25) is 0 Å². The topological polar surface area (TPSA) is 78.0 Å². The van der Waals surface area contributed by atoms with Gasteiger partial charge in [-0.3, -0.25) is 4.18 Å². The molecule has 0 fully saturated rings. The largest absolute Gasteiger partial charge is 0.573 e. The van der Waals surface area contributed by atoms with Crippen molar-refractivity contribution >= 4 is 29.0 Å². The summed E-state index contributed by atoms with van der Waals surface area (Å²) in [6, 6.07) is 1.06. The van der Waals surface area contributed by atoms with Gasteiger partial charge in [-0.15, -0.1) is 13.2 Å². The quantitative estimate of drug-likeness (QED) is 0.606. The molecule has 28 heavy (non-hydrogen) atoms. The number of hydrogen-bond acceptors (Lipinski definition) is 6. The maximum Gasteiger partial charge on any atom is 0.573 e. The molecule has 0 aliphatic heterocycles. The molecule has 1 unspecified atom stereocenters. The average molecular weight is 447 g/mol. The molecule has 0 aliphatic rings. The van der Waals surface area contributed by atoms with Crippen LogP contribution in [-0.4, -0.2) is 37.2 Å². The molecule has 1 rings (SSSR count). The van der Waals surface area contributed by atoms with Gasteiger partial charge in [0.1, 0.15) is 10.8 Å². The molecule has 1 aromatic rings. The van der Waals surface area contributed by atoms with E-state index in [1.54, 1.807) is 41.5 Å². The Morgan fingerprint density at radius 1 is 1.18 bits per heavy atom. The number of alkyl halides is 3. The number of rotatable bonds is 5. The highest BCUT2D eigenvalue weighted by Crippen LogP contribution is 2.29. The highest BCUT2D eigenvalue weighted by atomic mass is 35.5. The van der Waals surface area contributed by atoms with Crippen molar-refractivity contribution in [3.05, 3.63) is 23.0 Å². The van der Waals surface area contributed by atoms with Crippen LogP contribution in [0.15, 0.2) is 12.3 Å². The summed E-state index contributed by atoms with van der Waals surface area (Å²) in [7, 11) is 0. The predicted octanol–water partition coefficient (Wildman–Crippen LogP) is 4.76. The van der Waals surface area contributed by atoms with Crippen LogP contribution in [0.4, 0.5) is 18.0 Å². The van der Waals surface area contributed by atoms with Crippen LogP contribution in [0.25, 0.3) is 0 Å². The molecule has 0 spiro atoms. The molecule has 0 bridgehead atoms. The molecule has 12 heteroatoms. The van der Waals surface area contributed by atoms with Crippen molar-refractivity contribution in [3.63, 3.8) is 0 Å². The van der Waals surface area contributed by atoms with E-state index in [2.05, 4.69) is 9.72 Å². The Morgan fingerprint density at radius 3 is 2.21 bits per heavy atom. The van der Waals surface area contributed by atoms with E-state index in [1.807, 2.05) is 0 Å². The van der Waals surface area contributed by atoms with Crippen LogP contribution in [0.5, 0.6) is 5.75 Å². The van der Waals surface area contributed by atoms with Gasteiger partial charge in [0.05, 0.1) is 18.3 Å². The van der Waals surface area contributed by atoms with Gasteiger partial charge in [-0.2, -0.15) is 4.31 Å². The van der Waals surface area contributed by atoms with E-state index in [-0.39, 0.29) is 10.7 Å². The molecule has 1 atom stereocenters. The molecule has 0 aliphatic carbocycles. The van der Waals surface area contributed by atoms with Crippen molar-refractivity contribution in [1.82, 2.24) is 9.29 Å². The van der Waals surface area contributed by atoms with E-state index < -0.39 is 47.2 Å². The summed E-state index contributed by atoms with van der Waals surface area (Å²) in [6.45, 7) is 8.94. The third kappa shape index (κ3) is 9.07. The number of hydrogen-bond donors (Lipinski definition) is 0. The normalized spacial score (nSPS) is 13.8. The summed E-state index contributed by atoms with van der Waals surface area (Å²) < 4.78 is 65.5. The van der Waals surface area contributed by atoms with Crippen LogP contribution in [0.2, 0.25) is 5.15 Å². The monoisotopic (exact) mass is 446 g/mol. The average Bonchev–Trinajstić information content (AvgIpc) is 2.41. The Kier molecular flexibility index (Phi) is 7.71. The van der Waals surface area contributed by atoms with Gasteiger partial charge in [0.15, 0.2) is 5.75 Å². The van der Waals surface area contributed by atoms with Crippen LogP contribution < -0.4 is 4.74 Å². The lowest BCUT2D eigenvalue weighted by Gasteiger charge is -2.28. The van der Waals surface area contributed by atoms with Gasteiger partial charge in [0, 0.05) is 5.56 Å². The third-order valence-electron chi connectivity index (χ3n) is 2.55. The third-order valence-corrected chi connectivity index (χ3v) is 4.04. The minimum atomic E-state index is -5.00. The predicted molar refractivity (Wildman–Crippen MR) is 96.7 cm³/mol. The Balaban J connectivity index is 3.27. The van der Waals surface area contributed by atoms with Crippen molar-refractivity contribution in [2.75, 3.05) is 0 Å². The molecular weight excluding hydrogens is 425 g/mol. The zero-order valence-electron chi connectivity index (χ0n) is 16.2. The molecule has 1 aromatic heterocycles. The van der Waals surface area contributed by atoms with Gasteiger partial charge < -0.3 is 9.47 Å². The molecule has 0 N–H and O–H groups in total. The second-order valence-corrected chi connectivity index (χ2v) is 9.02. The summed E-state index contributed by atoms with van der Waals surface area (Å²) in [4.78, 5) is 16.0. The van der Waals surface area contributed by atoms with E-state index in [9.17, 15) is 22.2 Å². The van der Waals surface area contributed by atoms with Crippen molar-refractivity contribution in [3.8, 4) is 5.75 Å². The lowest BCUT2D eigenvalue weighted by atomic mass is 10.2. The van der Waals surface area contributed by atoms with Crippen molar-refractivity contribution in [1.29, 1.82) is 0 Å². The SMILES string of the molecule is CC(C)(C)OC(=O)N(Cc1cc(Cl)ncc1OC(F)(F)F)S(=O)OC(C)(C)C. The fourth-order valence-electron chi connectivity index (χ4n) is 1.70. The molecule has 7 nitrogen and oxygen atoms in total. The Hall–Kier alpha value is -1.59. The van der Waals surface area contributed by atoms with Gasteiger partial charge in [0.25, 0.3) is 11.3 Å². The highest BCUT2D eigenvalue weighted by molar-refractivity contribution is 7.78. The molecule has 0 saturated heterocycles. The van der Waals surface area contributed by atoms with E-state index in [1.165, 1.54) is 0 Å². The lowest BCUT2D eigenvalue weighted by molar-refractivity contribution is -0.275. The second-order valence-electron chi connectivity index (χ2n) is 7.59. The van der Waals surface area contributed by atoms with Gasteiger partial charge in [-0.25, -0.2) is 14.0 Å². The molecule has 1 heterocycles. The summed E-state index contributed by atoms with van der Waals surface area (Å²) in [5.41, 5.74) is -2.04. The summed E-state index contributed by atoms with van der Waals surface area (Å²) in [5.74, 6) is -0.696. The number of carbonyl (C=O) groups excluding carboxylic acids is 1. The molecule has 0 radical (unpaired) electrons. The lowest BCUT2D eigenvalue weighted by Crippen LogP contribution is -2.40. The minimum absolute atomic E-state index is 0.142. The van der Waals surface area contributed by atoms with E-state index in [0.717, 1.165) is 12.3 Å². The Morgan fingerprint density at radius 2 is 1.75 bits per heavy atom. The maximum atomic E-state index is 12.6. The Bertz CT molecular complexity index is 704. The fourth-order valence-corrected chi connectivity index (χ4v) is 2.80. The molecule has 0 aromatic carbocycles. The van der Waals surface area contributed by atoms with Gasteiger partial charge in [-0.05, 0) is 47.6 Å². The first kappa shape index (κ1) is 24.4. The van der Waals surface area contributed by atoms with Crippen molar-refractivity contribution in [2.45, 2.75) is 65.7 Å². The van der Waals surface area contributed by atoms with Crippen LogP contribution in [0.3, 0.4) is 0 Å². The van der Waals surface area contributed by atoms with Gasteiger partial charge >= 0.3 is 12.5 Å². The first-order chi connectivity index (χ1) is 12.5. The highest BCUT2D eigenvalue weighted by Gasteiger charge is 2.35. The summed E-state index contributed by atoms with van der Waals surface area (Å²) in [6.07, 6.45) is -5.30. The second kappa shape index (κ2) is 8.83. The molecule has 0 saturated carbocycles. The van der Waals surface area contributed by atoms with Crippen molar-refractivity contribution < 1.29 is 35.8 Å². The fraction of sp³-hybridized carbons (Fsp3) is 0.625. The van der Waals surface area contributed by atoms with Crippen LogP contribution >= 0.6 is 11.6 Å². The van der Waals surface area contributed by atoms with Gasteiger partial charge in [-0.1, -0.05) is 11.6 Å². The van der Waals surface area contributed by atoms with Crippen LogP contribution in [0, 0.1) is 0 Å². The number of carbonyl (C=O) groups is 1. The van der Waals surface area contributed by atoms with E-state index in [4.69, 9.17) is 20.5 Å². The maximum absolute atomic E-state index is 12.6. The van der Waals surface area contributed by atoms with Crippen molar-refractivity contribution in [2.24, 2.45) is 0 Å². The molecular formula is C16H22ClF3N2O5S. The Labute approximate surface area is 168 Å². The first-order valence-electron chi connectivity index (χ1n) is 7.99. The minimum Gasteiger partial charge on any atom is -0.443 e. The van der Waals surface area contributed by atoms with E-state index >= 15 is 0 Å². The van der Waals surface area contributed by atoms with Crippen LogP contribution in [-0.2, 0) is 26.7 Å². The number of pyridine rings is 1. The zero-order chi connectivity index (χ0) is 21.9.